The van der Waals surface area contributed by atoms with Crippen LogP contribution < -0.4 is 5.32 Å². The summed E-state index contributed by atoms with van der Waals surface area (Å²) in [6.07, 6.45) is 7.19. The molecule has 72 valence electrons. The molecule has 2 rings (SSSR count). The van der Waals surface area contributed by atoms with Crippen molar-refractivity contribution in [2.24, 2.45) is 0 Å². The molecule has 0 atom stereocenters. The maximum Gasteiger partial charge on any atom is 0.120 e. The van der Waals surface area contributed by atoms with Gasteiger partial charge < -0.3 is 10.3 Å². The molecule has 0 saturated heterocycles. The highest BCUT2D eigenvalue weighted by molar-refractivity contribution is 9.10. The van der Waals surface area contributed by atoms with Crippen molar-refractivity contribution < 1.29 is 0 Å². The van der Waals surface area contributed by atoms with Crippen molar-refractivity contribution in [2.45, 2.75) is 38.3 Å². The Morgan fingerprint density at radius 3 is 2.92 bits per heavy atom. The Bertz CT molecular complexity index is 266. The maximum absolute atomic E-state index is 4.21. The maximum atomic E-state index is 4.21. The summed E-state index contributed by atoms with van der Waals surface area (Å²) in [5, 5.41) is 3.50. The predicted molar refractivity (Wildman–Crippen MR) is 55.4 cm³/mol. The van der Waals surface area contributed by atoms with Crippen molar-refractivity contribution >= 4 is 15.9 Å². The van der Waals surface area contributed by atoms with E-state index in [2.05, 4.69) is 31.2 Å². The van der Waals surface area contributed by atoms with E-state index in [4.69, 9.17) is 0 Å². The third kappa shape index (κ3) is 2.54. The molecule has 1 aromatic rings. The Morgan fingerprint density at radius 1 is 1.54 bits per heavy atom. The predicted octanol–water partition coefficient (Wildman–Crippen LogP) is 2.20. The molecule has 0 radical (unpaired) electrons. The molecule has 1 aliphatic carbocycles. The topological polar surface area (TPSA) is 40.7 Å². The number of aromatic nitrogens is 2. The summed E-state index contributed by atoms with van der Waals surface area (Å²) >= 11 is 3.34. The molecule has 1 aromatic heterocycles. The van der Waals surface area contributed by atoms with E-state index in [9.17, 15) is 0 Å². The first-order valence-corrected chi connectivity index (χ1v) is 5.56. The molecule has 4 heteroatoms. The van der Waals surface area contributed by atoms with Gasteiger partial charge in [-0.2, -0.15) is 0 Å². The zero-order valence-electron chi connectivity index (χ0n) is 7.52. The molecular formula is C9H14BrN3. The van der Waals surface area contributed by atoms with Crippen molar-refractivity contribution in [1.82, 2.24) is 15.3 Å². The van der Waals surface area contributed by atoms with Crippen LogP contribution in [0, 0.1) is 0 Å². The van der Waals surface area contributed by atoms with E-state index in [0.717, 1.165) is 17.0 Å². The molecule has 0 bridgehead atoms. The van der Waals surface area contributed by atoms with Crippen LogP contribution in [-0.4, -0.2) is 16.0 Å². The lowest BCUT2D eigenvalue weighted by molar-refractivity contribution is 0.515. The molecule has 1 fully saturated rings. The summed E-state index contributed by atoms with van der Waals surface area (Å²) in [4.78, 5) is 7.35. The minimum Gasteiger partial charge on any atom is -0.336 e. The summed E-state index contributed by atoms with van der Waals surface area (Å²) in [6.45, 7) is 0.857. The van der Waals surface area contributed by atoms with Gasteiger partial charge in [0.25, 0.3) is 0 Å². The second-order valence-electron chi connectivity index (χ2n) is 3.54. The zero-order valence-corrected chi connectivity index (χ0v) is 9.10. The van der Waals surface area contributed by atoms with Crippen molar-refractivity contribution in [2.75, 3.05) is 0 Å². The van der Waals surface area contributed by atoms with Crippen LogP contribution in [0.3, 0.4) is 0 Å². The number of H-pyrrole nitrogens is 1. The number of nitrogens with one attached hydrogen (secondary N) is 2. The monoisotopic (exact) mass is 243 g/mol. The third-order valence-corrected chi connectivity index (χ3v) is 2.91. The van der Waals surface area contributed by atoms with Crippen LogP contribution in [0.1, 0.15) is 31.5 Å². The van der Waals surface area contributed by atoms with Crippen molar-refractivity contribution in [3.05, 3.63) is 16.6 Å². The van der Waals surface area contributed by atoms with E-state index in [-0.39, 0.29) is 0 Å². The van der Waals surface area contributed by atoms with Gasteiger partial charge in [0.2, 0.25) is 0 Å². The van der Waals surface area contributed by atoms with E-state index >= 15 is 0 Å². The quantitative estimate of drug-likeness (QED) is 0.855. The fourth-order valence-electron chi connectivity index (χ4n) is 1.80. The van der Waals surface area contributed by atoms with E-state index in [0.29, 0.717) is 6.04 Å². The largest absolute Gasteiger partial charge is 0.336 e. The van der Waals surface area contributed by atoms with Gasteiger partial charge in [0, 0.05) is 6.04 Å². The zero-order chi connectivity index (χ0) is 9.10. The van der Waals surface area contributed by atoms with Crippen LogP contribution in [0.5, 0.6) is 0 Å². The second-order valence-corrected chi connectivity index (χ2v) is 4.39. The molecule has 1 saturated carbocycles. The Morgan fingerprint density at radius 2 is 2.31 bits per heavy atom. The van der Waals surface area contributed by atoms with Crippen LogP contribution in [-0.2, 0) is 6.54 Å². The van der Waals surface area contributed by atoms with Crippen LogP contribution in [0.15, 0.2) is 10.8 Å². The molecular weight excluding hydrogens is 230 g/mol. The number of halogens is 1. The summed E-state index contributed by atoms with van der Waals surface area (Å²) in [5.74, 6) is 1.01. The standard InChI is InChI=1S/C9H14BrN3/c10-8-5-12-9(13-8)6-11-7-3-1-2-4-7/h5,7,11H,1-4,6H2,(H,12,13). The Hall–Kier alpha value is -0.350. The lowest BCUT2D eigenvalue weighted by Gasteiger charge is -2.09. The molecule has 13 heavy (non-hydrogen) atoms. The molecule has 0 unspecified atom stereocenters. The molecule has 0 aromatic carbocycles. The number of hydrogen-bond donors (Lipinski definition) is 2. The molecule has 0 aliphatic heterocycles. The van der Waals surface area contributed by atoms with Gasteiger partial charge in [-0.05, 0) is 28.8 Å². The van der Waals surface area contributed by atoms with Gasteiger partial charge in [0.15, 0.2) is 0 Å². The van der Waals surface area contributed by atoms with Gasteiger partial charge in [-0.15, -0.1) is 0 Å². The minimum absolute atomic E-state index is 0.712. The number of imidazole rings is 1. The second kappa shape index (κ2) is 4.24. The van der Waals surface area contributed by atoms with Crippen LogP contribution in [0.2, 0.25) is 0 Å². The summed E-state index contributed by atoms with van der Waals surface area (Å²) in [5.41, 5.74) is 0. The van der Waals surface area contributed by atoms with E-state index in [1.54, 1.807) is 6.20 Å². The Balaban J connectivity index is 1.78. The van der Waals surface area contributed by atoms with Crippen molar-refractivity contribution in [3.8, 4) is 0 Å². The van der Waals surface area contributed by atoms with E-state index in [1.165, 1.54) is 25.7 Å². The van der Waals surface area contributed by atoms with Gasteiger partial charge in [-0.1, -0.05) is 12.8 Å². The highest BCUT2D eigenvalue weighted by Crippen LogP contribution is 2.17. The van der Waals surface area contributed by atoms with Crippen LogP contribution in [0.25, 0.3) is 0 Å². The SMILES string of the molecule is Brc1cnc(CNC2CCCC2)[nH]1. The Kier molecular flexibility index (Phi) is 3.01. The molecule has 2 N–H and O–H groups in total. The highest BCUT2D eigenvalue weighted by atomic mass is 79.9. The first-order chi connectivity index (χ1) is 6.34. The van der Waals surface area contributed by atoms with Gasteiger partial charge in [-0.25, -0.2) is 4.98 Å². The summed E-state index contributed by atoms with van der Waals surface area (Å²) in [7, 11) is 0. The van der Waals surface area contributed by atoms with Gasteiger partial charge in [-0.3, -0.25) is 0 Å². The lowest BCUT2D eigenvalue weighted by atomic mass is 10.2. The molecule has 0 amide bonds. The fraction of sp³-hybridized carbons (Fsp3) is 0.667. The third-order valence-electron chi connectivity index (χ3n) is 2.51. The van der Waals surface area contributed by atoms with Crippen molar-refractivity contribution in [3.63, 3.8) is 0 Å². The summed E-state index contributed by atoms with van der Waals surface area (Å²) < 4.78 is 0.954. The number of nitrogens with zero attached hydrogens (tertiary/aromatic N) is 1. The fourth-order valence-corrected chi connectivity index (χ4v) is 2.13. The number of rotatable bonds is 3. The van der Waals surface area contributed by atoms with E-state index < -0.39 is 0 Å². The van der Waals surface area contributed by atoms with Crippen molar-refractivity contribution in [1.29, 1.82) is 0 Å². The lowest BCUT2D eigenvalue weighted by Crippen LogP contribution is -2.25. The first kappa shape index (κ1) is 9.21. The summed E-state index contributed by atoms with van der Waals surface area (Å²) in [6, 6.07) is 0.712. The van der Waals surface area contributed by atoms with Gasteiger partial charge >= 0.3 is 0 Å². The number of aromatic amines is 1. The van der Waals surface area contributed by atoms with Gasteiger partial charge in [0.1, 0.15) is 10.4 Å². The minimum atomic E-state index is 0.712. The van der Waals surface area contributed by atoms with E-state index in [1.807, 2.05) is 0 Å². The van der Waals surface area contributed by atoms with Gasteiger partial charge in [0.05, 0.1) is 12.7 Å². The smallest absolute Gasteiger partial charge is 0.120 e. The van der Waals surface area contributed by atoms with Crippen LogP contribution in [0.4, 0.5) is 0 Å². The first-order valence-electron chi connectivity index (χ1n) is 4.77. The molecule has 1 aliphatic rings. The van der Waals surface area contributed by atoms with Crippen LogP contribution >= 0.6 is 15.9 Å². The average Bonchev–Trinajstić information content (AvgIpc) is 2.71. The Labute approximate surface area is 86.5 Å². The molecule has 0 spiro atoms. The highest BCUT2D eigenvalue weighted by Gasteiger charge is 2.14. The normalized spacial score (nSPS) is 18.2. The number of hydrogen-bond acceptors (Lipinski definition) is 2. The molecule has 1 heterocycles. The molecule has 3 nitrogen and oxygen atoms in total. The average molecular weight is 244 g/mol.